The average molecular weight is 416 g/mol. The second-order valence-electron chi connectivity index (χ2n) is 7.22. The molecule has 0 atom stereocenters. The summed E-state index contributed by atoms with van der Waals surface area (Å²) in [6.07, 6.45) is 3.87. The summed E-state index contributed by atoms with van der Waals surface area (Å²) in [5.41, 5.74) is 2.50. The van der Waals surface area contributed by atoms with Gasteiger partial charge in [0, 0.05) is 58.9 Å². The first-order valence-corrected chi connectivity index (χ1v) is 9.65. The van der Waals surface area contributed by atoms with E-state index in [9.17, 15) is 9.18 Å². The fraction of sp³-hybridized carbons (Fsp3) is 0.182. The van der Waals surface area contributed by atoms with E-state index in [1.54, 1.807) is 36.3 Å². The smallest absolute Gasteiger partial charge is 0.296 e. The van der Waals surface area contributed by atoms with Crippen molar-refractivity contribution in [3.8, 4) is 17.0 Å². The number of ether oxygens (including phenoxy) is 1. The summed E-state index contributed by atoms with van der Waals surface area (Å²) >= 11 is 0. The first kappa shape index (κ1) is 18.8. The van der Waals surface area contributed by atoms with Crippen LogP contribution in [0.25, 0.3) is 26.9 Å². The van der Waals surface area contributed by atoms with Gasteiger partial charge in [0.15, 0.2) is 0 Å². The van der Waals surface area contributed by atoms with Gasteiger partial charge in [0.1, 0.15) is 17.4 Å². The third kappa shape index (κ3) is 3.18. The highest BCUT2D eigenvalue weighted by Crippen LogP contribution is 2.34. The number of nitrogens with zero attached hydrogens (tertiary/aromatic N) is 4. The summed E-state index contributed by atoms with van der Waals surface area (Å²) in [6, 6.07) is 6.20. The fourth-order valence-electron chi connectivity index (χ4n) is 3.94. The maximum absolute atomic E-state index is 14.5. The second-order valence-corrected chi connectivity index (χ2v) is 7.22. The standard InChI is InChI=1S/C22H17FN6O2/c1-24-20-8-18(29(2)28-20)15-10-27-22(16-11-25-21(30)7-13(15)16)26-9-14-12-5-6-31-19(12)4-3-17(14)23/h3-4,7-8,10-11H,5-6,9H2,2H3,(H,25,30)(H,26,27). The van der Waals surface area contributed by atoms with Crippen LogP contribution in [0, 0.1) is 12.4 Å². The molecule has 1 aliphatic rings. The normalized spacial score (nSPS) is 12.4. The highest BCUT2D eigenvalue weighted by Gasteiger charge is 2.20. The molecule has 0 fully saturated rings. The number of pyridine rings is 2. The van der Waals surface area contributed by atoms with Crippen LogP contribution in [0.4, 0.5) is 16.0 Å². The molecule has 0 radical (unpaired) electrons. The summed E-state index contributed by atoms with van der Waals surface area (Å²) in [5.74, 6) is 1.18. The van der Waals surface area contributed by atoms with Crippen LogP contribution in [-0.2, 0) is 20.0 Å². The molecule has 0 amide bonds. The van der Waals surface area contributed by atoms with Crippen LogP contribution < -0.4 is 15.6 Å². The number of H-pyrrole nitrogens is 1. The molecule has 154 valence electrons. The van der Waals surface area contributed by atoms with Crippen LogP contribution in [0.1, 0.15) is 11.1 Å². The fourth-order valence-corrected chi connectivity index (χ4v) is 3.94. The van der Waals surface area contributed by atoms with Gasteiger partial charge in [0.25, 0.3) is 5.82 Å². The van der Waals surface area contributed by atoms with Gasteiger partial charge in [0.2, 0.25) is 5.56 Å². The number of fused-ring (bicyclic) bond motifs is 2. The molecule has 2 N–H and O–H groups in total. The SMILES string of the molecule is [C-]#[N+]c1cc(-c2cnc(NCc3c(F)ccc4c3CCO4)c3c[nH]c(=O)cc23)n(C)n1. The van der Waals surface area contributed by atoms with Crippen molar-refractivity contribution >= 4 is 22.4 Å². The molecule has 0 bridgehead atoms. The van der Waals surface area contributed by atoms with E-state index < -0.39 is 0 Å². The number of benzene rings is 1. The van der Waals surface area contributed by atoms with Crippen molar-refractivity contribution in [3.63, 3.8) is 0 Å². The van der Waals surface area contributed by atoms with Gasteiger partial charge in [-0.05, 0) is 23.3 Å². The summed E-state index contributed by atoms with van der Waals surface area (Å²) in [7, 11) is 1.73. The van der Waals surface area contributed by atoms with Crippen LogP contribution in [-0.4, -0.2) is 26.4 Å². The van der Waals surface area contributed by atoms with Gasteiger partial charge in [-0.2, -0.15) is 4.68 Å². The van der Waals surface area contributed by atoms with E-state index in [0.29, 0.717) is 52.2 Å². The number of rotatable bonds is 4. The lowest BCUT2D eigenvalue weighted by molar-refractivity contribution is 0.356. The quantitative estimate of drug-likeness (QED) is 0.497. The van der Waals surface area contributed by atoms with Gasteiger partial charge in [-0.15, -0.1) is 0 Å². The van der Waals surface area contributed by atoms with Crippen LogP contribution in [0.5, 0.6) is 5.75 Å². The van der Waals surface area contributed by atoms with Gasteiger partial charge in [-0.25, -0.2) is 9.37 Å². The summed E-state index contributed by atoms with van der Waals surface area (Å²) in [5, 5.41) is 8.69. The van der Waals surface area contributed by atoms with E-state index in [1.807, 2.05) is 0 Å². The zero-order chi connectivity index (χ0) is 21.5. The van der Waals surface area contributed by atoms with Crippen molar-refractivity contribution in [2.45, 2.75) is 13.0 Å². The Bertz CT molecular complexity index is 1430. The number of halogens is 1. The molecule has 1 aromatic carbocycles. The Hall–Kier alpha value is -4.19. The predicted octanol–water partition coefficient (Wildman–Crippen LogP) is 3.56. The summed E-state index contributed by atoms with van der Waals surface area (Å²) < 4.78 is 21.6. The van der Waals surface area contributed by atoms with Gasteiger partial charge in [-0.1, -0.05) is 6.57 Å². The van der Waals surface area contributed by atoms with Gasteiger partial charge < -0.3 is 19.9 Å². The first-order chi connectivity index (χ1) is 15.0. The van der Waals surface area contributed by atoms with E-state index in [4.69, 9.17) is 11.3 Å². The number of nitrogens with one attached hydrogen (secondary N) is 2. The Morgan fingerprint density at radius 1 is 1.35 bits per heavy atom. The van der Waals surface area contributed by atoms with E-state index in [0.717, 1.165) is 5.56 Å². The molecule has 8 nitrogen and oxygen atoms in total. The third-order valence-electron chi connectivity index (χ3n) is 5.42. The number of aryl methyl sites for hydroxylation is 1. The molecule has 4 heterocycles. The van der Waals surface area contributed by atoms with Crippen molar-refractivity contribution in [1.82, 2.24) is 19.7 Å². The van der Waals surface area contributed by atoms with E-state index in [-0.39, 0.29) is 23.7 Å². The monoisotopic (exact) mass is 416 g/mol. The van der Waals surface area contributed by atoms with Gasteiger partial charge >= 0.3 is 0 Å². The minimum atomic E-state index is -0.298. The predicted molar refractivity (Wildman–Crippen MR) is 114 cm³/mol. The number of anilines is 1. The Morgan fingerprint density at radius 3 is 3.03 bits per heavy atom. The molecule has 0 saturated carbocycles. The number of aromatic amines is 1. The van der Waals surface area contributed by atoms with Crippen molar-refractivity contribution in [2.75, 3.05) is 11.9 Å². The maximum atomic E-state index is 14.5. The van der Waals surface area contributed by atoms with Gasteiger partial charge in [-0.3, -0.25) is 4.79 Å². The zero-order valence-corrected chi connectivity index (χ0v) is 16.6. The van der Waals surface area contributed by atoms with Crippen molar-refractivity contribution in [1.29, 1.82) is 0 Å². The Balaban J connectivity index is 1.57. The lowest BCUT2D eigenvalue weighted by Crippen LogP contribution is -2.09. The molecule has 4 aromatic rings. The number of hydrogen-bond acceptors (Lipinski definition) is 5. The molecular weight excluding hydrogens is 399 g/mol. The van der Waals surface area contributed by atoms with E-state index in [1.165, 1.54) is 12.1 Å². The molecule has 0 unspecified atom stereocenters. The van der Waals surface area contributed by atoms with Crippen LogP contribution >= 0.6 is 0 Å². The van der Waals surface area contributed by atoms with E-state index in [2.05, 4.69) is 25.2 Å². The van der Waals surface area contributed by atoms with Gasteiger partial charge in [0.05, 0.1) is 19.3 Å². The maximum Gasteiger partial charge on any atom is 0.296 e. The highest BCUT2D eigenvalue weighted by atomic mass is 19.1. The largest absolute Gasteiger partial charge is 0.493 e. The summed E-state index contributed by atoms with van der Waals surface area (Å²) in [6.45, 7) is 7.95. The van der Waals surface area contributed by atoms with Crippen LogP contribution in [0.2, 0.25) is 0 Å². The molecule has 5 rings (SSSR count). The Kier molecular flexibility index (Phi) is 4.40. The number of aromatic nitrogens is 4. The minimum absolute atomic E-state index is 0.229. The molecule has 0 spiro atoms. The zero-order valence-electron chi connectivity index (χ0n) is 16.6. The molecule has 0 saturated heterocycles. The molecular formula is C22H17FN6O2. The highest BCUT2D eigenvalue weighted by molar-refractivity contribution is 6.00. The van der Waals surface area contributed by atoms with E-state index >= 15 is 0 Å². The van der Waals surface area contributed by atoms with Crippen molar-refractivity contribution in [2.24, 2.45) is 7.05 Å². The molecule has 9 heteroatoms. The minimum Gasteiger partial charge on any atom is -0.493 e. The lowest BCUT2D eigenvalue weighted by Gasteiger charge is -2.13. The molecule has 1 aliphatic heterocycles. The third-order valence-corrected chi connectivity index (χ3v) is 5.42. The molecule has 31 heavy (non-hydrogen) atoms. The molecule has 0 aliphatic carbocycles. The van der Waals surface area contributed by atoms with Crippen LogP contribution in [0.15, 0.2) is 41.5 Å². The molecule has 3 aromatic heterocycles. The van der Waals surface area contributed by atoms with Crippen molar-refractivity contribution < 1.29 is 9.13 Å². The Labute approximate surface area is 176 Å². The topological polar surface area (TPSA) is 89.2 Å². The Morgan fingerprint density at radius 2 is 2.23 bits per heavy atom. The van der Waals surface area contributed by atoms with Crippen LogP contribution in [0.3, 0.4) is 0 Å². The second kappa shape index (κ2) is 7.25. The number of hydrogen-bond donors (Lipinski definition) is 2. The summed E-state index contributed by atoms with van der Waals surface area (Å²) in [4.78, 5) is 22.6. The average Bonchev–Trinajstić information content (AvgIpc) is 3.39. The lowest BCUT2D eigenvalue weighted by atomic mass is 10.0. The van der Waals surface area contributed by atoms with Crippen molar-refractivity contribution in [3.05, 3.63) is 75.4 Å². The first-order valence-electron chi connectivity index (χ1n) is 9.65.